The van der Waals surface area contributed by atoms with Gasteiger partial charge in [-0.05, 0) is 65.0 Å². The standard InChI is InChI=1S/C25H28F3N3O5S/c1-16-6-9-19(10-7-16)37(33,34)31-14-18(13-23(2,3)15-29)35-21-11-8-17(12-20(21)31)30-22(32)36-24(4,5)25(26,27)28/h6-12,18H,13-14H2,1-5H3,(H,30,32)/t18-/m0/s1. The SMILES string of the molecule is Cc1ccc(S(=O)(=O)N2C[C@H](CC(C)(C)C#N)Oc3ccc(NC(=O)OC(C)(C)C(F)(F)F)cc32)cc1. The molecule has 0 saturated carbocycles. The molecule has 0 spiro atoms. The van der Waals surface area contributed by atoms with E-state index in [1.807, 2.05) is 6.92 Å². The number of hydrogen-bond acceptors (Lipinski definition) is 6. The van der Waals surface area contributed by atoms with Crippen LogP contribution in [0.1, 0.15) is 39.7 Å². The third-order valence-corrected chi connectivity index (χ3v) is 7.61. The first-order chi connectivity index (χ1) is 16.9. The molecule has 1 amide bonds. The number of rotatable bonds is 6. The van der Waals surface area contributed by atoms with E-state index in [0.717, 1.165) is 9.87 Å². The van der Waals surface area contributed by atoms with Gasteiger partial charge < -0.3 is 9.47 Å². The smallest absolute Gasteiger partial charge is 0.427 e. The van der Waals surface area contributed by atoms with Crippen LogP contribution in [0.25, 0.3) is 0 Å². The number of aryl methyl sites for hydroxylation is 1. The molecule has 200 valence electrons. The Morgan fingerprint density at radius 1 is 1.16 bits per heavy atom. The zero-order chi connectivity index (χ0) is 27.8. The quantitative estimate of drug-likeness (QED) is 0.499. The second-order valence-corrected chi connectivity index (χ2v) is 11.9. The Labute approximate surface area is 214 Å². The van der Waals surface area contributed by atoms with Crippen molar-refractivity contribution < 1.29 is 35.9 Å². The number of fused-ring (bicyclic) bond motifs is 1. The van der Waals surface area contributed by atoms with Crippen molar-refractivity contribution >= 4 is 27.5 Å². The van der Waals surface area contributed by atoms with Crippen LogP contribution in [0.3, 0.4) is 0 Å². The van der Waals surface area contributed by atoms with E-state index in [0.29, 0.717) is 13.8 Å². The number of anilines is 2. The maximum absolute atomic E-state index is 13.6. The number of carbonyl (C=O) groups is 1. The van der Waals surface area contributed by atoms with Gasteiger partial charge in [0.25, 0.3) is 10.0 Å². The van der Waals surface area contributed by atoms with E-state index in [1.54, 1.807) is 26.0 Å². The number of sulfonamides is 1. The first kappa shape index (κ1) is 28.1. The molecule has 2 aromatic rings. The Hall–Kier alpha value is -3.46. The number of nitrogens with zero attached hydrogens (tertiary/aromatic N) is 2. The lowest BCUT2D eigenvalue weighted by atomic mass is 9.88. The van der Waals surface area contributed by atoms with Crippen molar-refractivity contribution in [2.75, 3.05) is 16.2 Å². The van der Waals surface area contributed by atoms with Gasteiger partial charge in [0.05, 0.1) is 28.6 Å². The molecule has 2 aromatic carbocycles. The number of benzene rings is 2. The van der Waals surface area contributed by atoms with Crippen LogP contribution >= 0.6 is 0 Å². The van der Waals surface area contributed by atoms with E-state index in [-0.39, 0.29) is 35.0 Å². The van der Waals surface area contributed by atoms with Gasteiger partial charge in [-0.1, -0.05) is 17.7 Å². The average molecular weight is 540 g/mol. The largest absolute Gasteiger partial charge is 0.486 e. The summed E-state index contributed by atoms with van der Waals surface area (Å²) in [6, 6.07) is 12.5. The molecule has 0 radical (unpaired) electrons. The number of halogens is 3. The Kier molecular flexibility index (Phi) is 7.43. The van der Waals surface area contributed by atoms with Crippen molar-refractivity contribution in [3.05, 3.63) is 48.0 Å². The number of alkyl halides is 3. The van der Waals surface area contributed by atoms with Crippen LogP contribution in [0.2, 0.25) is 0 Å². The molecule has 1 aliphatic heterocycles. The molecule has 12 heteroatoms. The molecule has 37 heavy (non-hydrogen) atoms. The lowest BCUT2D eigenvalue weighted by Crippen LogP contribution is -2.45. The van der Waals surface area contributed by atoms with E-state index in [1.165, 1.54) is 30.3 Å². The average Bonchev–Trinajstić information content (AvgIpc) is 2.77. The van der Waals surface area contributed by atoms with E-state index in [9.17, 15) is 31.6 Å². The normalized spacial score (nSPS) is 16.3. The van der Waals surface area contributed by atoms with Gasteiger partial charge >= 0.3 is 12.3 Å². The summed E-state index contributed by atoms with van der Waals surface area (Å²) in [6.45, 7) is 6.55. The highest BCUT2D eigenvalue weighted by Crippen LogP contribution is 2.41. The predicted molar refractivity (Wildman–Crippen MR) is 131 cm³/mol. The number of amides is 1. The number of ether oxygens (including phenoxy) is 2. The van der Waals surface area contributed by atoms with Crippen molar-refractivity contribution in [2.45, 2.75) is 63.8 Å². The van der Waals surface area contributed by atoms with Crippen molar-refractivity contribution in [3.8, 4) is 11.8 Å². The molecule has 0 unspecified atom stereocenters. The highest BCUT2D eigenvalue weighted by Gasteiger charge is 2.51. The topological polar surface area (TPSA) is 109 Å². The Balaban J connectivity index is 1.98. The van der Waals surface area contributed by atoms with Gasteiger partial charge in [-0.3, -0.25) is 9.62 Å². The molecule has 3 rings (SSSR count). The summed E-state index contributed by atoms with van der Waals surface area (Å²) >= 11 is 0. The second kappa shape index (κ2) is 9.78. The van der Waals surface area contributed by atoms with Crippen LogP contribution in [0, 0.1) is 23.7 Å². The van der Waals surface area contributed by atoms with Crippen LogP contribution in [-0.2, 0) is 14.8 Å². The molecule has 0 saturated heterocycles. The van der Waals surface area contributed by atoms with Crippen LogP contribution in [0.5, 0.6) is 5.75 Å². The van der Waals surface area contributed by atoms with E-state index in [2.05, 4.69) is 16.1 Å². The molecule has 8 nitrogen and oxygen atoms in total. The molecule has 1 aliphatic rings. The van der Waals surface area contributed by atoms with E-state index in [4.69, 9.17) is 4.74 Å². The predicted octanol–water partition coefficient (Wildman–Crippen LogP) is 5.78. The number of hydrogen-bond donors (Lipinski definition) is 1. The van der Waals surface area contributed by atoms with Crippen molar-refractivity contribution in [3.63, 3.8) is 0 Å². The van der Waals surface area contributed by atoms with Gasteiger partial charge in [-0.15, -0.1) is 0 Å². The first-order valence-corrected chi connectivity index (χ1v) is 12.8. The van der Waals surface area contributed by atoms with Crippen LogP contribution in [0.4, 0.5) is 29.3 Å². The molecule has 0 fully saturated rings. The minimum Gasteiger partial charge on any atom is -0.486 e. The first-order valence-electron chi connectivity index (χ1n) is 11.3. The maximum Gasteiger partial charge on any atom is 0.427 e. The van der Waals surface area contributed by atoms with Gasteiger partial charge in [0.15, 0.2) is 0 Å². The molecule has 1 atom stereocenters. The lowest BCUT2D eigenvalue weighted by Gasteiger charge is -2.37. The third kappa shape index (κ3) is 6.28. The zero-order valence-electron chi connectivity index (χ0n) is 21.0. The van der Waals surface area contributed by atoms with Crippen molar-refractivity contribution in [2.24, 2.45) is 5.41 Å². The monoisotopic (exact) mass is 539 g/mol. The minimum atomic E-state index is -4.79. The summed E-state index contributed by atoms with van der Waals surface area (Å²) in [5, 5.41) is 11.7. The van der Waals surface area contributed by atoms with Gasteiger partial charge in [0.1, 0.15) is 11.9 Å². The molecule has 1 N–H and O–H groups in total. The van der Waals surface area contributed by atoms with Crippen LogP contribution < -0.4 is 14.4 Å². The van der Waals surface area contributed by atoms with Crippen LogP contribution in [-0.4, -0.2) is 38.9 Å². The summed E-state index contributed by atoms with van der Waals surface area (Å²) in [4.78, 5) is 12.2. The molecular formula is C25H28F3N3O5S. The fraction of sp³-hybridized carbons (Fsp3) is 0.440. The van der Waals surface area contributed by atoms with E-state index < -0.39 is 39.4 Å². The molecule has 0 bridgehead atoms. The van der Waals surface area contributed by atoms with Gasteiger partial charge in [-0.25, -0.2) is 13.2 Å². The maximum atomic E-state index is 13.6. The summed E-state index contributed by atoms with van der Waals surface area (Å²) in [5.74, 6) is 0.176. The molecule has 1 heterocycles. The lowest BCUT2D eigenvalue weighted by molar-refractivity contribution is -0.242. The minimum absolute atomic E-state index is 0.00485. The highest BCUT2D eigenvalue weighted by molar-refractivity contribution is 7.92. The summed E-state index contributed by atoms with van der Waals surface area (Å²) < 4.78 is 78.2. The summed E-state index contributed by atoms with van der Waals surface area (Å²) in [6.07, 6.45) is -6.57. The molecular weight excluding hydrogens is 511 g/mol. The third-order valence-electron chi connectivity index (χ3n) is 5.82. The fourth-order valence-electron chi connectivity index (χ4n) is 3.61. The van der Waals surface area contributed by atoms with Crippen molar-refractivity contribution in [1.29, 1.82) is 5.26 Å². The molecule has 0 aliphatic carbocycles. The fourth-order valence-corrected chi connectivity index (χ4v) is 5.11. The Morgan fingerprint density at radius 3 is 2.35 bits per heavy atom. The van der Waals surface area contributed by atoms with Crippen molar-refractivity contribution in [1.82, 2.24) is 0 Å². The number of nitriles is 1. The summed E-state index contributed by atoms with van der Waals surface area (Å²) in [7, 11) is -4.10. The second-order valence-electron chi connectivity index (χ2n) is 9.99. The number of nitrogens with one attached hydrogen (secondary N) is 1. The zero-order valence-corrected chi connectivity index (χ0v) is 21.8. The molecule has 0 aromatic heterocycles. The van der Waals surface area contributed by atoms with Gasteiger partial charge in [0.2, 0.25) is 5.60 Å². The number of carbonyl (C=O) groups excluding carboxylic acids is 1. The van der Waals surface area contributed by atoms with Gasteiger partial charge in [-0.2, -0.15) is 18.4 Å². The van der Waals surface area contributed by atoms with Crippen LogP contribution in [0.15, 0.2) is 47.4 Å². The summed E-state index contributed by atoms with van der Waals surface area (Å²) in [5.41, 5.74) is -2.58. The Bertz CT molecular complexity index is 1320. The van der Waals surface area contributed by atoms with E-state index >= 15 is 0 Å². The van der Waals surface area contributed by atoms with Gasteiger partial charge in [0, 0.05) is 12.1 Å². The highest BCUT2D eigenvalue weighted by atomic mass is 32.2. The Morgan fingerprint density at radius 2 is 1.78 bits per heavy atom.